The third-order valence-corrected chi connectivity index (χ3v) is 6.86. The van der Waals surface area contributed by atoms with Crippen LogP contribution in [0.2, 0.25) is 0 Å². The molecule has 0 bridgehead atoms. The Morgan fingerprint density at radius 1 is 1.05 bits per heavy atom. The molecule has 0 fully saturated rings. The van der Waals surface area contributed by atoms with Gasteiger partial charge < -0.3 is 9.83 Å². The minimum absolute atomic E-state index is 0.0609. The maximum atomic E-state index is 10.8. The molecule has 1 unspecified atom stereocenters. The zero-order valence-corrected chi connectivity index (χ0v) is 16.2. The summed E-state index contributed by atoms with van der Waals surface area (Å²) in [6.07, 6.45) is 0. The van der Waals surface area contributed by atoms with Crippen molar-refractivity contribution in [2.24, 2.45) is 0 Å². The van der Waals surface area contributed by atoms with Crippen LogP contribution in [0.25, 0.3) is 5.70 Å². The standard InChI is InChI=1S/C18H27NOS2/c1-8-22-19-15(11-21-22)12-9-13(17(2,3)4)16(20)14(10-12)18(5,6)7/h8-11,19-20H,1-7H3. The van der Waals surface area contributed by atoms with Crippen LogP contribution >= 0.6 is 20.5 Å². The quantitative estimate of drug-likeness (QED) is 0.521. The Balaban J connectivity index is 2.62. The largest absolute Gasteiger partial charge is 0.507 e. The summed E-state index contributed by atoms with van der Waals surface area (Å²) < 4.78 is 3.55. The number of aromatic hydroxyl groups is 1. The van der Waals surface area contributed by atoms with Crippen molar-refractivity contribution >= 4 is 31.6 Å². The van der Waals surface area contributed by atoms with Crippen molar-refractivity contribution in [2.75, 3.05) is 0 Å². The predicted molar refractivity (Wildman–Crippen MR) is 104 cm³/mol. The first-order valence-electron chi connectivity index (χ1n) is 7.59. The maximum Gasteiger partial charge on any atom is 0.123 e. The topological polar surface area (TPSA) is 32.3 Å². The summed E-state index contributed by atoms with van der Waals surface area (Å²) in [5.41, 5.74) is 4.15. The highest BCUT2D eigenvalue weighted by Crippen LogP contribution is 2.44. The molecular weight excluding hydrogens is 310 g/mol. The van der Waals surface area contributed by atoms with E-state index in [0.29, 0.717) is 5.75 Å². The van der Waals surface area contributed by atoms with Gasteiger partial charge >= 0.3 is 0 Å². The molecule has 1 aromatic carbocycles. The lowest BCUT2D eigenvalue weighted by atomic mass is 9.78. The first kappa shape index (κ1) is 17.5. The Labute approximate surface area is 140 Å². The highest BCUT2D eigenvalue weighted by molar-refractivity contribution is 8.84. The molecule has 0 spiro atoms. The zero-order valence-electron chi connectivity index (χ0n) is 14.6. The Kier molecular flexibility index (Phi) is 4.74. The lowest BCUT2D eigenvalue weighted by Gasteiger charge is -2.28. The molecule has 2 rings (SSSR count). The Hall–Kier alpha value is -0.870. The van der Waals surface area contributed by atoms with Crippen molar-refractivity contribution in [3.8, 4) is 5.75 Å². The van der Waals surface area contributed by atoms with Crippen LogP contribution in [0.3, 0.4) is 0 Å². The molecule has 0 amide bonds. The smallest absolute Gasteiger partial charge is 0.123 e. The summed E-state index contributed by atoms with van der Waals surface area (Å²) in [6, 6.07) is 4.26. The van der Waals surface area contributed by atoms with Gasteiger partial charge in [-0.25, -0.2) is 0 Å². The normalized spacial score (nSPS) is 19.2. The van der Waals surface area contributed by atoms with Gasteiger partial charge in [0.15, 0.2) is 0 Å². The van der Waals surface area contributed by atoms with E-state index in [1.165, 1.54) is 0 Å². The van der Waals surface area contributed by atoms with E-state index in [9.17, 15) is 5.11 Å². The minimum Gasteiger partial charge on any atom is -0.507 e. The molecule has 1 aliphatic rings. The van der Waals surface area contributed by atoms with Crippen LogP contribution in [-0.4, -0.2) is 10.5 Å². The lowest BCUT2D eigenvalue weighted by Crippen LogP contribution is -2.18. The second-order valence-electron chi connectivity index (χ2n) is 7.68. The van der Waals surface area contributed by atoms with Gasteiger partial charge in [-0.3, -0.25) is 0 Å². The summed E-state index contributed by atoms with van der Waals surface area (Å²) in [7, 11) is 1.87. The maximum absolute atomic E-state index is 10.8. The molecule has 2 nitrogen and oxygen atoms in total. The number of phenols is 1. The number of nitrogens with one attached hydrogen (secondary N) is 1. The van der Waals surface area contributed by atoms with E-state index in [2.05, 4.69) is 76.1 Å². The van der Waals surface area contributed by atoms with Gasteiger partial charge in [0.25, 0.3) is 0 Å². The fraction of sp³-hybridized carbons (Fsp3) is 0.500. The molecule has 4 heteroatoms. The summed E-state index contributed by atoms with van der Waals surface area (Å²) in [5, 5.41) is 15.1. The molecule has 1 atom stereocenters. The van der Waals surface area contributed by atoms with Crippen molar-refractivity contribution < 1.29 is 5.11 Å². The number of hydrogen-bond donors (Lipinski definition) is 2. The Morgan fingerprint density at radius 3 is 1.91 bits per heavy atom. The number of phenolic OH excluding ortho intramolecular Hbond substituents is 1. The summed E-state index contributed by atoms with van der Waals surface area (Å²) >= 11 is 0. The molecule has 1 aliphatic heterocycles. The Morgan fingerprint density at radius 2 is 1.55 bits per heavy atom. The van der Waals surface area contributed by atoms with Crippen molar-refractivity contribution in [3.05, 3.63) is 34.2 Å². The average Bonchev–Trinajstić information content (AvgIpc) is 2.85. The second-order valence-corrected chi connectivity index (χ2v) is 11.0. The van der Waals surface area contributed by atoms with Gasteiger partial charge in [-0.1, -0.05) is 41.5 Å². The van der Waals surface area contributed by atoms with Crippen LogP contribution in [0.1, 0.15) is 65.2 Å². The minimum atomic E-state index is -0.0923. The lowest BCUT2D eigenvalue weighted by molar-refractivity contribution is 0.423. The van der Waals surface area contributed by atoms with E-state index in [0.717, 1.165) is 22.4 Å². The number of rotatable bonds is 1. The monoisotopic (exact) mass is 337 g/mol. The van der Waals surface area contributed by atoms with Gasteiger partial charge in [0.1, 0.15) is 5.75 Å². The van der Waals surface area contributed by atoms with E-state index in [-0.39, 0.29) is 20.5 Å². The molecule has 0 radical (unpaired) electrons. The SMILES string of the molecule is CC=S1NC(c2cc(C(C)(C)C)c(O)c(C(C)(C)C)c2)=CS1. The van der Waals surface area contributed by atoms with Gasteiger partial charge in [-0.15, -0.1) is 0 Å². The molecule has 122 valence electrons. The van der Waals surface area contributed by atoms with E-state index >= 15 is 0 Å². The average molecular weight is 338 g/mol. The fourth-order valence-corrected chi connectivity index (χ4v) is 4.92. The third kappa shape index (κ3) is 3.54. The van der Waals surface area contributed by atoms with Crippen LogP contribution in [0.4, 0.5) is 0 Å². The van der Waals surface area contributed by atoms with Crippen molar-refractivity contribution in [3.63, 3.8) is 0 Å². The van der Waals surface area contributed by atoms with Crippen LogP contribution in [0.5, 0.6) is 5.75 Å². The van der Waals surface area contributed by atoms with Crippen molar-refractivity contribution in [1.29, 1.82) is 0 Å². The first-order valence-corrected chi connectivity index (χ1v) is 10.3. The highest BCUT2D eigenvalue weighted by atomic mass is 33.1. The second kappa shape index (κ2) is 5.97. The van der Waals surface area contributed by atoms with Gasteiger partial charge in [0, 0.05) is 16.5 Å². The molecule has 1 heterocycles. The highest BCUT2D eigenvalue weighted by Gasteiger charge is 2.27. The first-order chi connectivity index (χ1) is 10.0. The van der Waals surface area contributed by atoms with E-state index in [4.69, 9.17) is 0 Å². The van der Waals surface area contributed by atoms with E-state index < -0.39 is 0 Å². The van der Waals surface area contributed by atoms with Gasteiger partial charge in [0.05, 0.1) is 5.70 Å². The van der Waals surface area contributed by atoms with Crippen LogP contribution in [-0.2, 0) is 10.8 Å². The third-order valence-electron chi connectivity index (χ3n) is 3.73. The van der Waals surface area contributed by atoms with Crippen LogP contribution < -0.4 is 4.72 Å². The zero-order chi connectivity index (χ0) is 16.7. The fourth-order valence-electron chi connectivity index (χ4n) is 2.43. The molecule has 22 heavy (non-hydrogen) atoms. The van der Waals surface area contributed by atoms with Gasteiger partial charge in [-0.2, -0.15) is 0 Å². The molecule has 1 aromatic rings. The number of hydrogen-bond acceptors (Lipinski definition) is 3. The molecule has 0 saturated carbocycles. The summed E-state index contributed by atoms with van der Waals surface area (Å²) in [6.45, 7) is 15.0. The Bertz CT molecular complexity index is 611. The van der Waals surface area contributed by atoms with Crippen molar-refractivity contribution in [2.45, 2.75) is 59.3 Å². The molecule has 0 aliphatic carbocycles. The number of benzene rings is 1. The molecular formula is C18H27NOS2. The van der Waals surface area contributed by atoms with Gasteiger partial charge in [0.2, 0.25) is 0 Å². The summed E-state index contributed by atoms with van der Waals surface area (Å²) in [5.74, 6) is 0.441. The molecule has 0 saturated heterocycles. The summed E-state index contributed by atoms with van der Waals surface area (Å²) in [4.78, 5) is 0. The molecule has 0 aromatic heterocycles. The van der Waals surface area contributed by atoms with Crippen LogP contribution in [0.15, 0.2) is 17.5 Å². The van der Waals surface area contributed by atoms with Crippen LogP contribution in [0, 0.1) is 0 Å². The molecule has 2 N–H and O–H groups in total. The predicted octanol–water partition coefficient (Wildman–Crippen LogP) is 5.54. The van der Waals surface area contributed by atoms with E-state index in [1.54, 1.807) is 0 Å². The van der Waals surface area contributed by atoms with Gasteiger partial charge in [-0.05, 0) is 61.3 Å². The van der Waals surface area contributed by atoms with E-state index in [1.807, 2.05) is 10.8 Å². The van der Waals surface area contributed by atoms with Crippen molar-refractivity contribution in [1.82, 2.24) is 4.72 Å².